The molecule has 2 rings (SSSR count). The van der Waals surface area contributed by atoms with Gasteiger partial charge in [0, 0.05) is 24.9 Å². The Balaban J connectivity index is 2.47. The van der Waals surface area contributed by atoms with Crippen molar-refractivity contribution in [2.45, 2.75) is 59.0 Å². The third kappa shape index (κ3) is 3.21. The molecule has 1 aromatic rings. The molecule has 0 spiro atoms. The average molecular weight is 290 g/mol. The lowest BCUT2D eigenvalue weighted by atomic mass is 9.88. The SMILES string of the molecule is CCCC(N)c1cc2c(c(C)c1C)OCCC2NC(C)=O. The zero-order valence-electron chi connectivity index (χ0n) is 13.5. The molecule has 1 aliphatic rings. The fourth-order valence-corrected chi connectivity index (χ4v) is 3.08. The summed E-state index contributed by atoms with van der Waals surface area (Å²) in [4.78, 5) is 11.4. The van der Waals surface area contributed by atoms with Gasteiger partial charge >= 0.3 is 0 Å². The minimum absolute atomic E-state index is 0.00881. The Bertz CT molecular complexity index is 540. The van der Waals surface area contributed by atoms with Crippen LogP contribution in [-0.4, -0.2) is 12.5 Å². The lowest BCUT2D eigenvalue weighted by molar-refractivity contribution is -0.119. The molecule has 0 fully saturated rings. The Hall–Kier alpha value is -1.55. The molecule has 1 amide bonds. The van der Waals surface area contributed by atoms with Crippen LogP contribution in [0.2, 0.25) is 0 Å². The van der Waals surface area contributed by atoms with Gasteiger partial charge in [-0.15, -0.1) is 0 Å². The monoisotopic (exact) mass is 290 g/mol. The van der Waals surface area contributed by atoms with Crippen LogP contribution in [0, 0.1) is 13.8 Å². The van der Waals surface area contributed by atoms with Gasteiger partial charge in [0.1, 0.15) is 5.75 Å². The minimum Gasteiger partial charge on any atom is -0.493 e. The van der Waals surface area contributed by atoms with Gasteiger partial charge < -0.3 is 15.8 Å². The lowest BCUT2D eigenvalue weighted by Crippen LogP contribution is -2.31. The summed E-state index contributed by atoms with van der Waals surface area (Å²) in [6.45, 7) is 8.51. The fourth-order valence-electron chi connectivity index (χ4n) is 3.08. The molecule has 0 aromatic heterocycles. The molecule has 1 aliphatic heterocycles. The van der Waals surface area contributed by atoms with Crippen molar-refractivity contribution in [2.24, 2.45) is 5.73 Å². The van der Waals surface area contributed by atoms with Crippen LogP contribution in [0.1, 0.15) is 67.4 Å². The Morgan fingerprint density at radius 2 is 2.19 bits per heavy atom. The number of amides is 1. The highest BCUT2D eigenvalue weighted by Gasteiger charge is 2.26. The summed E-state index contributed by atoms with van der Waals surface area (Å²) in [6, 6.07) is 2.20. The van der Waals surface area contributed by atoms with Crippen molar-refractivity contribution in [1.82, 2.24) is 5.32 Å². The zero-order valence-corrected chi connectivity index (χ0v) is 13.5. The number of carbonyl (C=O) groups is 1. The molecular formula is C17H26N2O2. The normalized spacial score (nSPS) is 18.6. The van der Waals surface area contributed by atoms with Crippen LogP contribution in [0.15, 0.2) is 6.07 Å². The van der Waals surface area contributed by atoms with E-state index in [1.807, 2.05) is 0 Å². The van der Waals surface area contributed by atoms with E-state index in [9.17, 15) is 4.79 Å². The van der Waals surface area contributed by atoms with E-state index in [1.54, 1.807) is 6.92 Å². The molecule has 0 radical (unpaired) electrons. The summed E-state index contributed by atoms with van der Waals surface area (Å²) in [7, 11) is 0. The molecule has 116 valence electrons. The Labute approximate surface area is 127 Å². The predicted octanol–water partition coefficient (Wildman–Crippen LogP) is 3.06. The molecule has 4 nitrogen and oxygen atoms in total. The van der Waals surface area contributed by atoms with E-state index >= 15 is 0 Å². The highest BCUT2D eigenvalue weighted by molar-refractivity contribution is 5.73. The van der Waals surface area contributed by atoms with Gasteiger partial charge in [0.15, 0.2) is 0 Å². The second kappa shape index (κ2) is 6.48. The van der Waals surface area contributed by atoms with Crippen LogP contribution < -0.4 is 15.8 Å². The van der Waals surface area contributed by atoms with Crippen LogP contribution in [-0.2, 0) is 4.79 Å². The first kappa shape index (κ1) is 15.8. The van der Waals surface area contributed by atoms with E-state index in [1.165, 1.54) is 11.1 Å². The maximum absolute atomic E-state index is 11.4. The molecule has 21 heavy (non-hydrogen) atoms. The van der Waals surface area contributed by atoms with E-state index in [4.69, 9.17) is 10.5 Å². The number of ether oxygens (including phenoxy) is 1. The average Bonchev–Trinajstić information content (AvgIpc) is 2.43. The molecule has 0 saturated heterocycles. The quantitative estimate of drug-likeness (QED) is 0.895. The Morgan fingerprint density at radius 1 is 1.48 bits per heavy atom. The Kier molecular flexibility index (Phi) is 4.88. The van der Waals surface area contributed by atoms with Crippen molar-refractivity contribution in [3.05, 3.63) is 28.3 Å². The molecule has 0 bridgehead atoms. The van der Waals surface area contributed by atoms with Crippen LogP contribution in [0.25, 0.3) is 0 Å². The number of carbonyl (C=O) groups excluding carboxylic acids is 1. The third-order valence-corrected chi connectivity index (χ3v) is 4.31. The molecule has 2 atom stereocenters. The summed E-state index contributed by atoms with van der Waals surface area (Å²) in [5, 5.41) is 3.02. The Morgan fingerprint density at radius 3 is 2.81 bits per heavy atom. The number of hydrogen-bond acceptors (Lipinski definition) is 3. The minimum atomic E-state index is -0.00881. The summed E-state index contributed by atoms with van der Waals surface area (Å²) in [5.41, 5.74) is 10.9. The third-order valence-electron chi connectivity index (χ3n) is 4.31. The van der Waals surface area contributed by atoms with Gasteiger partial charge in [-0.25, -0.2) is 0 Å². The highest BCUT2D eigenvalue weighted by atomic mass is 16.5. The van der Waals surface area contributed by atoms with Gasteiger partial charge in [-0.3, -0.25) is 4.79 Å². The molecule has 0 saturated carbocycles. The first-order valence-electron chi connectivity index (χ1n) is 7.75. The van der Waals surface area contributed by atoms with E-state index in [0.717, 1.165) is 36.1 Å². The molecule has 4 heteroatoms. The highest BCUT2D eigenvalue weighted by Crippen LogP contribution is 2.39. The summed E-state index contributed by atoms with van der Waals surface area (Å²) >= 11 is 0. The van der Waals surface area contributed by atoms with Gasteiger partial charge in [-0.2, -0.15) is 0 Å². The maximum atomic E-state index is 11.4. The summed E-state index contributed by atoms with van der Waals surface area (Å²) in [6.07, 6.45) is 2.82. The van der Waals surface area contributed by atoms with Crippen LogP contribution in [0.4, 0.5) is 0 Å². The summed E-state index contributed by atoms with van der Waals surface area (Å²) in [5.74, 6) is 0.912. The number of rotatable bonds is 4. The first-order chi connectivity index (χ1) is 9.95. The molecular weight excluding hydrogens is 264 g/mol. The van der Waals surface area contributed by atoms with Gasteiger partial charge in [0.25, 0.3) is 0 Å². The second-order valence-electron chi connectivity index (χ2n) is 5.92. The predicted molar refractivity (Wildman–Crippen MR) is 84.4 cm³/mol. The largest absolute Gasteiger partial charge is 0.493 e. The van der Waals surface area contributed by atoms with Gasteiger partial charge in [-0.1, -0.05) is 13.3 Å². The topological polar surface area (TPSA) is 64.3 Å². The van der Waals surface area contributed by atoms with E-state index in [-0.39, 0.29) is 18.0 Å². The van der Waals surface area contributed by atoms with E-state index in [2.05, 4.69) is 32.2 Å². The fraction of sp³-hybridized carbons (Fsp3) is 0.588. The maximum Gasteiger partial charge on any atom is 0.217 e. The molecule has 1 aromatic carbocycles. The van der Waals surface area contributed by atoms with E-state index in [0.29, 0.717) is 6.61 Å². The second-order valence-corrected chi connectivity index (χ2v) is 5.92. The molecule has 1 heterocycles. The summed E-state index contributed by atoms with van der Waals surface area (Å²) < 4.78 is 5.85. The number of hydrogen-bond donors (Lipinski definition) is 2. The number of nitrogens with one attached hydrogen (secondary N) is 1. The first-order valence-corrected chi connectivity index (χ1v) is 7.75. The van der Waals surface area contributed by atoms with Crippen molar-refractivity contribution >= 4 is 5.91 Å². The number of fused-ring (bicyclic) bond motifs is 1. The standard InChI is InChI=1S/C17H26N2O2/c1-5-6-15(18)13-9-14-16(19-12(4)20)7-8-21-17(14)11(3)10(13)2/h9,15-16H,5-8,18H2,1-4H3,(H,19,20). The van der Waals surface area contributed by atoms with Crippen molar-refractivity contribution in [3.63, 3.8) is 0 Å². The van der Waals surface area contributed by atoms with Gasteiger partial charge in [0.2, 0.25) is 5.91 Å². The van der Waals surface area contributed by atoms with Crippen LogP contribution in [0.5, 0.6) is 5.75 Å². The van der Waals surface area contributed by atoms with Crippen molar-refractivity contribution in [2.75, 3.05) is 6.61 Å². The zero-order chi connectivity index (χ0) is 15.6. The van der Waals surface area contributed by atoms with Crippen LogP contribution >= 0.6 is 0 Å². The molecule has 0 aliphatic carbocycles. The van der Waals surface area contributed by atoms with Gasteiger partial charge in [-0.05, 0) is 43.0 Å². The number of benzene rings is 1. The van der Waals surface area contributed by atoms with Crippen molar-refractivity contribution in [1.29, 1.82) is 0 Å². The van der Waals surface area contributed by atoms with E-state index < -0.39 is 0 Å². The van der Waals surface area contributed by atoms with Gasteiger partial charge in [0.05, 0.1) is 12.6 Å². The molecule has 3 N–H and O–H groups in total. The smallest absolute Gasteiger partial charge is 0.217 e. The number of nitrogens with two attached hydrogens (primary N) is 1. The van der Waals surface area contributed by atoms with Crippen molar-refractivity contribution in [3.8, 4) is 5.75 Å². The lowest BCUT2D eigenvalue weighted by Gasteiger charge is -2.30. The van der Waals surface area contributed by atoms with Crippen molar-refractivity contribution < 1.29 is 9.53 Å². The molecule has 2 unspecified atom stereocenters. The van der Waals surface area contributed by atoms with Crippen LogP contribution in [0.3, 0.4) is 0 Å².